The van der Waals surface area contributed by atoms with Crippen molar-refractivity contribution in [3.63, 3.8) is 0 Å². The lowest BCUT2D eigenvalue weighted by molar-refractivity contribution is 0.0769. The summed E-state index contributed by atoms with van der Waals surface area (Å²) in [5, 5.41) is 1.93. The quantitative estimate of drug-likeness (QED) is 0.538. The fourth-order valence-electron chi connectivity index (χ4n) is 3.82. The number of fused-ring (bicyclic) bond motifs is 2. The summed E-state index contributed by atoms with van der Waals surface area (Å²) in [5.41, 5.74) is 3.48. The third kappa shape index (κ3) is 2.72. The summed E-state index contributed by atoms with van der Waals surface area (Å²) < 4.78 is 5.31. The van der Waals surface area contributed by atoms with Crippen molar-refractivity contribution in [2.75, 3.05) is 13.1 Å². The molecule has 28 heavy (non-hydrogen) atoms. The molecule has 2 aromatic heterocycles. The molecule has 0 saturated heterocycles. The number of aromatic amines is 1. The van der Waals surface area contributed by atoms with Gasteiger partial charge in [0.2, 0.25) is 0 Å². The van der Waals surface area contributed by atoms with Crippen molar-refractivity contribution in [3.05, 3.63) is 88.4 Å². The van der Waals surface area contributed by atoms with Gasteiger partial charge in [-0.15, -0.1) is 0 Å². The van der Waals surface area contributed by atoms with Crippen molar-refractivity contribution < 1.29 is 9.21 Å². The van der Waals surface area contributed by atoms with Gasteiger partial charge in [-0.25, -0.2) is 4.79 Å². The predicted molar refractivity (Wildman–Crippen MR) is 109 cm³/mol. The first kappa shape index (κ1) is 16.6. The molecule has 138 valence electrons. The Morgan fingerprint density at radius 1 is 1.07 bits per heavy atom. The SMILES string of the molecule is O=C(c1cc2ccccc2oc1=O)N1CC=C(c2c[nH]c3ccccc23)CC1. The van der Waals surface area contributed by atoms with Gasteiger partial charge in [0.25, 0.3) is 5.91 Å². The molecular weight excluding hydrogens is 352 g/mol. The van der Waals surface area contributed by atoms with Crippen molar-refractivity contribution in [2.24, 2.45) is 0 Å². The van der Waals surface area contributed by atoms with E-state index in [-0.39, 0.29) is 11.5 Å². The molecule has 3 heterocycles. The smallest absolute Gasteiger partial charge is 0.349 e. The van der Waals surface area contributed by atoms with Gasteiger partial charge < -0.3 is 14.3 Å². The van der Waals surface area contributed by atoms with Crippen LogP contribution in [0.25, 0.3) is 27.4 Å². The fourth-order valence-corrected chi connectivity index (χ4v) is 3.82. The Labute approximate surface area is 160 Å². The molecule has 0 bridgehead atoms. The van der Waals surface area contributed by atoms with Crippen LogP contribution in [-0.4, -0.2) is 28.9 Å². The van der Waals surface area contributed by atoms with Crippen LogP contribution in [-0.2, 0) is 0 Å². The van der Waals surface area contributed by atoms with Gasteiger partial charge >= 0.3 is 5.63 Å². The molecule has 0 fully saturated rings. The summed E-state index contributed by atoms with van der Waals surface area (Å²) in [5.74, 6) is -0.284. The molecule has 0 unspecified atom stereocenters. The summed E-state index contributed by atoms with van der Waals surface area (Å²) >= 11 is 0. The number of carbonyl (C=O) groups is 1. The van der Waals surface area contributed by atoms with E-state index in [1.807, 2.05) is 30.5 Å². The molecule has 1 amide bonds. The highest BCUT2D eigenvalue weighted by atomic mass is 16.4. The maximum atomic E-state index is 12.9. The van der Waals surface area contributed by atoms with Crippen LogP contribution < -0.4 is 5.63 Å². The van der Waals surface area contributed by atoms with Crippen LogP contribution in [0.2, 0.25) is 0 Å². The minimum atomic E-state index is -0.588. The number of nitrogens with zero attached hydrogens (tertiary/aromatic N) is 1. The van der Waals surface area contributed by atoms with Gasteiger partial charge in [0.15, 0.2) is 0 Å². The Bertz CT molecular complexity index is 1300. The second-order valence-electron chi connectivity index (χ2n) is 6.96. The van der Waals surface area contributed by atoms with Crippen LogP contribution in [0, 0.1) is 0 Å². The number of amides is 1. The van der Waals surface area contributed by atoms with Crippen molar-refractivity contribution in [1.29, 1.82) is 0 Å². The molecule has 5 rings (SSSR count). The number of hydrogen-bond donors (Lipinski definition) is 1. The molecule has 0 atom stereocenters. The van der Waals surface area contributed by atoms with Gasteiger partial charge in [0.1, 0.15) is 11.1 Å². The average molecular weight is 370 g/mol. The molecule has 1 N–H and O–H groups in total. The zero-order valence-electron chi connectivity index (χ0n) is 15.1. The molecule has 0 spiro atoms. The van der Waals surface area contributed by atoms with E-state index >= 15 is 0 Å². The Balaban J connectivity index is 1.43. The third-order valence-electron chi connectivity index (χ3n) is 5.30. The topological polar surface area (TPSA) is 66.3 Å². The molecular formula is C23H18N2O3. The van der Waals surface area contributed by atoms with Crippen LogP contribution >= 0.6 is 0 Å². The van der Waals surface area contributed by atoms with E-state index in [0.717, 1.165) is 17.3 Å². The normalized spacial score (nSPS) is 14.4. The van der Waals surface area contributed by atoms with Crippen LogP contribution in [0.1, 0.15) is 22.3 Å². The van der Waals surface area contributed by atoms with E-state index in [4.69, 9.17) is 4.42 Å². The minimum absolute atomic E-state index is 0.0858. The number of hydrogen-bond acceptors (Lipinski definition) is 3. The van der Waals surface area contributed by atoms with Crippen LogP contribution in [0.15, 0.2) is 76.1 Å². The van der Waals surface area contributed by atoms with E-state index in [9.17, 15) is 9.59 Å². The van der Waals surface area contributed by atoms with E-state index in [0.29, 0.717) is 18.7 Å². The molecule has 0 radical (unpaired) electrons. The lowest BCUT2D eigenvalue weighted by Crippen LogP contribution is -2.37. The summed E-state index contributed by atoms with van der Waals surface area (Å²) in [6, 6.07) is 17.0. The summed E-state index contributed by atoms with van der Waals surface area (Å²) in [6.07, 6.45) is 4.83. The Kier molecular flexibility index (Phi) is 3.86. The van der Waals surface area contributed by atoms with Gasteiger partial charge in [-0.2, -0.15) is 0 Å². The standard InChI is InChI=1S/C23H18N2O3/c26-22(18-13-16-5-1-4-8-21(16)28-23(18)27)25-11-9-15(10-12-25)19-14-24-20-7-3-2-6-17(19)20/h1-9,13-14,24H,10-12H2. The van der Waals surface area contributed by atoms with Crippen LogP contribution in [0.5, 0.6) is 0 Å². The number of para-hydroxylation sites is 2. The third-order valence-corrected chi connectivity index (χ3v) is 5.30. The number of nitrogens with one attached hydrogen (secondary N) is 1. The zero-order chi connectivity index (χ0) is 19.1. The first-order valence-electron chi connectivity index (χ1n) is 9.28. The van der Waals surface area contributed by atoms with Gasteiger partial charge in [-0.1, -0.05) is 42.5 Å². The minimum Gasteiger partial charge on any atom is -0.422 e. The Hall–Kier alpha value is -3.60. The van der Waals surface area contributed by atoms with Gasteiger partial charge in [-0.05, 0) is 30.2 Å². The molecule has 1 aliphatic rings. The molecule has 5 nitrogen and oxygen atoms in total. The van der Waals surface area contributed by atoms with E-state index < -0.39 is 5.63 Å². The maximum Gasteiger partial charge on any atom is 0.349 e. The van der Waals surface area contributed by atoms with Crippen molar-refractivity contribution >= 4 is 33.4 Å². The summed E-state index contributed by atoms with van der Waals surface area (Å²) in [4.78, 5) is 30.2. The monoisotopic (exact) mass is 370 g/mol. The fraction of sp³-hybridized carbons (Fsp3) is 0.130. The van der Waals surface area contributed by atoms with Crippen LogP contribution in [0.4, 0.5) is 0 Å². The average Bonchev–Trinajstić information content (AvgIpc) is 3.17. The van der Waals surface area contributed by atoms with E-state index in [1.54, 1.807) is 23.1 Å². The lowest BCUT2D eigenvalue weighted by atomic mass is 9.98. The Morgan fingerprint density at radius 2 is 1.89 bits per heavy atom. The zero-order valence-corrected chi connectivity index (χ0v) is 15.1. The largest absolute Gasteiger partial charge is 0.422 e. The maximum absolute atomic E-state index is 12.9. The highest BCUT2D eigenvalue weighted by Crippen LogP contribution is 2.29. The van der Waals surface area contributed by atoms with E-state index in [2.05, 4.69) is 23.2 Å². The molecule has 4 aromatic rings. The highest BCUT2D eigenvalue weighted by molar-refractivity contribution is 5.98. The molecule has 0 saturated carbocycles. The highest BCUT2D eigenvalue weighted by Gasteiger charge is 2.23. The summed E-state index contributed by atoms with van der Waals surface area (Å²) in [7, 11) is 0. The van der Waals surface area contributed by atoms with Crippen molar-refractivity contribution in [1.82, 2.24) is 9.88 Å². The molecule has 0 aliphatic carbocycles. The Morgan fingerprint density at radius 3 is 2.75 bits per heavy atom. The first-order chi connectivity index (χ1) is 13.7. The molecule has 1 aliphatic heterocycles. The molecule has 5 heteroatoms. The second kappa shape index (κ2) is 6.53. The first-order valence-corrected chi connectivity index (χ1v) is 9.28. The predicted octanol–water partition coefficient (Wildman–Crippen LogP) is 4.20. The van der Waals surface area contributed by atoms with Crippen molar-refractivity contribution in [2.45, 2.75) is 6.42 Å². The number of H-pyrrole nitrogens is 1. The molecule has 2 aromatic carbocycles. The second-order valence-corrected chi connectivity index (χ2v) is 6.96. The van der Waals surface area contributed by atoms with Gasteiger partial charge in [0.05, 0.1) is 0 Å². The number of benzene rings is 2. The number of rotatable bonds is 2. The lowest BCUT2D eigenvalue weighted by Gasteiger charge is -2.26. The summed E-state index contributed by atoms with van der Waals surface area (Å²) in [6.45, 7) is 1.04. The van der Waals surface area contributed by atoms with Crippen LogP contribution in [0.3, 0.4) is 0 Å². The van der Waals surface area contributed by atoms with Crippen molar-refractivity contribution in [3.8, 4) is 0 Å². The van der Waals surface area contributed by atoms with E-state index in [1.165, 1.54) is 16.5 Å². The van der Waals surface area contributed by atoms with Gasteiger partial charge in [-0.3, -0.25) is 4.79 Å². The number of carbonyl (C=O) groups excluding carboxylic acids is 1. The number of aromatic nitrogens is 1. The van der Waals surface area contributed by atoms with Gasteiger partial charge in [0, 0.05) is 41.1 Å².